The third-order valence-electron chi connectivity index (χ3n) is 4.21. The molecule has 0 radical (unpaired) electrons. The molecule has 1 atom stereocenters. The van der Waals surface area contributed by atoms with E-state index in [1.807, 2.05) is 18.2 Å². The fourth-order valence-corrected chi connectivity index (χ4v) is 3.41. The molecular weight excluding hydrogens is 361 g/mol. The second kappa shape index (κ2) is 5.49. The van der Waals surface area contributed by atoms with Gasteiger partial charge in [0.05, 0.1) is 12.5 Å². The Labute approximate surface area is 140 Å². The topological polar surface area (TPSA) is 42.1 Å². The largest absolute Gasteiger partial charge is 0.493 e. The molecule has 4 rings (SSSR count). The van der Waals surface area contributed by atoms with Gasteiger partial charge in [0.15, 0.2) is 5.78 Å². The van der Waals surface area contributed by atoms with Crippen molar-refractivity contribution >= 4 is 32.6 Å². The number of nitrogens with one attached hydrogen (secondary N) is 1. The summed E-state index contributed by atoms with van der Waals surface area (Å²) in [6.07, 6.45) is 2.23. The van der Waals surface area contributed by atoms with Crippen LogP contribution in [0.15, 0.2) is 47.1 Å². The lowest BCUT2D eigenvalue weighted by atomic mass is 9.89. The standard InChI is InChI=1S/C18H13BrFNO2/c19-12-1-3-14-15(8-21-16(14)7-12)18(22)11-5-10-6-13(20)2-4-17(10)23-9-11/h1-4,6-8,11,21H,5,9H2. The molecule has 0 saturated heterocycles. The zero-order chi connectivity index (χ0) is 16.0. The van der Waals surface area contributed by atoms with E-state index in [1.165, 1.54) is 12.1 Å². The quantitative estimate of drug-likeness (QED) is 0.671. The van der Waals surface area contributed by atoms with Crippen LogP contribution in [0, 0.1) is 11.7 Å². The molecule has 116 valence electrons. The molecule has 23 heavy (non-hydrogen) atoms. The predicted octanol–water partition coefficient (Wildman–Crippen LogP) is 4.50. The second-order valence-corrected chi connectivity index (χ2v) is 6.64. The Hall–Kier alpha value is -2.14. The molecule has 1 aliphatic heterocycles. The van der Waals surface area contributed by atoms with Gasteiger partial charge >= 0.3 is 0 Å². The number of hydrogen-bond acceptors (Lipinski definition) is 2. The summed E-state index contributed by atoms with van der Waals surface area (Å²) < 4.78 is 20.0. The zero-order valence-corrected chi connectivity index (χ0v) is 13.7. The fraction of sp³-hybridized carbons (Fsp3) is 0.167. The molecule has 1 aromatic heterocycles. The lowest BCUT2D eigenvalue weighted by molar-refractivity contribution is 0.0856. The molecule has 0 spiro atoms. The van der Waals surface area contributed by atoms with Crippen LogP contribution in [0.4, 0.5) is 4.39 Å². The highest BCUT2D eigenvalue weighted by Crippen LogP contribution is 2.31. The van der Waals surface area contributed by atoms with Crippen molar-refractivity contribution in [3.8, 4) is 5.75 Å². The first-order valence-electron chi connectivity index (χ1n) is 7.34. The van der Waals surface area contributed by atoms with Gasteiger partial charge in [0, 0.05) is 27.1 Å². The van der Waals surface area contributed by atoms with E-state index in [-0.39, 0.29) is 17.5 Å². The van der Waals surface area contributed by atoms with Gasteiger partial charge < -0.3 is 9.72 Å². The van der Waals surface area contributed by atoms with E-state index in [2.05, 4.69) is 20.9 Å². The first-order valence-corrected chi connectivity index (χ1v) is 8.13. The Morgan fingerprint density at radius 1 is 1.26 bits per heavy atom. The summed E-state index contributed by atoms with van der Waals surface area (Å²) in [6, 6.07) is 10.2. The van der Waals surface area contributed by atoms with Gasteiger partial charge in [0.25, 0.3) is 0 Å². The van der Waals surface area contributed by atoms with Crippen LogP contribution in [0.5, 0.6) is 5.75 Å². The minimum absolute atomic E-state index is 0.0217. The number of aromatic amines is 1. The van der Waals surface area contributed by atoms with E-state index in [0.717, 1.165) is 20.9 Å². The molecular formula is C18H13BrFNO2. The third kappa shape index (κ3) is 2.55. The van der Waals surface area contributed by atoms with Crippen molar-refractivity contribution in [3.63, 3.8) is 0 Å². The van der Waals surface area contributed by atoms with E-state index in [0.29, 0.717) is 24.3 Å². The van der Waals surface area contributed by atoms with Crippen molar-refractivity contribution in [2.24, 2.45) is 5.92 Å². The van der Waals surface area contributed by atoms with Gasteiger partial charge in [-0.2, -0.15) is 0 Å². The minimum atomic E-state index is -0.308. The van der Waals surface area contributed by atoms with Gasteiger partial charge in [-0.15, -0.1) is 0 Å². The van der Waals surface area contributed by atoms with Crippen LogP contribution in [0.25, 0.3) is 10.9 Å². The Kier molecular flexibility index (Phi) is 3.45. The highest BCUT2D eigenvalue weighted by molar-refractivity contribution is 9.10. The molecule has 0 fully saturated rings. The van der Waals surface area contributed by atoms with E-state index in [9.17, 15) is 9.18 Å². The van der Waals surface area contributed by atoms with Crippen molar-refractivity contribution in [2.45, 2.75) is 6.42 Å². The van der Waals surface area contributed by atoms with Gasteiger partial charge in [0.2, 0.25) is 0 Å². The molecule has 3 nitrogen and oxygen atoms in total. The lowest BCUT2D eigenvalue weighted by Gasteiger charge is -2.24. The smallest absolute Gasteiger partial charge is 0.171 e. The molecule has 1 unspecified atom stereocenters. The van der Waals surface area contributed by atoms with Crippen molar-refractivity contribution in [1.29, 1.82) is 0 Å². The third-order valence-corrected chi connectivity index (χ3v) is 4.70. The number of ketones is 1. The molecule has 0 amide bonds. The van der Waals surface area contributed by atoms with Crippen LogP contribution in [-0.4, -0.2) is 17.4 Å². The molecule has 0 saturated carbocycles. The molecule has 2 aromatic carbocycles. The average Bonchev–Trinajstić information content (AvgIpc) is 2.96. The van der Waals surface area contributed by atoms with Crippen LogP contribution in [0.2, 0.25) is 0 Å². The van der Waals surface area contributed by atoms with E-state index >= 15 is 0 Å². The lowest BCUT2D eigenvalue weighted by Crippen LogP contribution is -2.28. The number of benzene rings is 2. The number of H-pyrrole nitrogens is 1. The first kappa shape index (κ1) is 14.5. The van der Waals surface area contributed by atoms with E-state index < -0.39 is 0 Å². The monoisotopic (exact) mass is 373 g/mol. The van der Waals surface area contributed by atoms with Crippen molar-refractivity contribution in [1.82, 2.24) is 4.98 Å². The van der Waals surface area contributed by atoms with Gasteiger partial charge in [-0.25, -0.2) is 4.39 Å². The summed E-state index contributed by atoms with van der Waals surface area (Å²) in [4.78, 5) is 16.0. The Morgan fingerprint density at radius 3 is 3.00 bits per heavy atom. The van der Waals surface area contributed by atoms with Gasteiger partial charge in [-0.3, -0.25) is 4.79 Å². The molecule has 3 aromatic rings. The number of aromatic nitrogens is 1. The number of carbonyl (C=O) groups is 1. The predicted molar refractivity (Wildman–Crippen MR) is 89.4 cm³/mol. The van der Waals surface area contributed by atoms with Crippen molar-refractivity contribution < 1.29 is 13.9 Å². The maximum Gasteiger partial charge on any atom is 0.171 e. The Bertz CT molecular complexity index is 919. The molecule has 1 aliphatic rings. The number of hydrogen-bond donors (Lipinski definition) is 1. The summed E-state index contributed by atoms with van der Waals surface area (Å²) in [6.45, 7) is 0.320. The highest BCUT2D eigenvalue weighted by atomic mass is 79.9. The van der Waals surface area contributed by atoms with Crippen molar-refractivity contribution in [2.75, 3.05) is 6.61 Å². The summed E-state index contributed by atoms with van der Waals surface area (Å²) in [5.74, 6) is 0.0798. The molecule has 5 heteroatoms. The fourth-order valence-electron chi connectivity index (χ4n) is 3.05. The average molecular weight is 374 g/mol. The summed E-state index contributed by atoms with van der Waals surface area (Å²) in [7, 11) is 0. The number of rotatable bonds is 2. The van der Waals surface area contributed by atoms with Crippen molar-refractivity contribution in [3.05, 3.63) is 64.0 Å². The highest BCUT2D eigenvalue weighted by Gasteiger charge is 2.28. The summed E-state index contributed by atoms with van der Waals surface area (Å²) in [5.41, 5.74) is 2.31. The number of halogens is 2. The number of carbonyl (C=O) groups excluding carboxylic acids is 1. The van der Waals surface area contributed by atoms with Gasteiger partial charge in [0.1, 0.15) is 11.6 Å². The van der Waals surface area contributed by atoms with Crippen LogP contribution < -0.4 is 4.74 Å². The van der Waals surface area contributed by atoms with E-state index in [1.54, 1.807) is 12.3 Å². The molecule has 0 aliphatic carbocycles. The first-order chi connectivity index (χ1) is 11.1. The van der Waals surface area contributed by atoms with Crippen LogP contribution in [-0.2, 0) is 6.42 Å². The Balaban J connectivity index is 1.66. The SMILES string of the molecule is O=C(c1c[nH]c2cc(Br)ccc12)C1COc2ccc(F)cc2C1. The number of fused-ring (bicyclic) bond motifs is 2. The van der Waals surface area contributed by atoms with Gasteiger partial charge in [-0.05, 0) is 42.3 Å². The van der Waals surface area contributed by atoms with E-state index in [4.69, 9.17) is 4.74 Å². The minimum Gasteiger partial charge on any atom is -0.493 e. The van der Waals surface area contributed by atoms with Crippen LogP contribution >= 0.6 is 15.9 Å². The van der Waals surface area contributed by atoms with Crippen LogP contribution in [0.1, 0.15) is 15.9 Å². The normalized spacial score (nSPS) is 16.9. The molecule has 1 N–H and O–H groups in total. The zero-order valence-electron chi connectivity index (χ0n) is 12.1. The van der Waals surface area contributed by atoms with Crippen LogP contribution in [0.3, 0.4) is 0 Å². The molecule has 2 heterocycles. The summed E-state index contributed by atoms with van der Waals surface area (Å²) >= 11 is 3.42. The maximum atomic E-state index is 13.4. The second-order valence-electron chi connectivity index (χ2n) is 5.72. The van der Waals surface area contributed by atoms with Gasteiger partial charge in [-0.1, -0.05) is 22.0 Å². The number of Topliss-reactive ketones (excluding diaryl/α,β-unsaturated/α-hetero) is 1. The number of ether oxygens (including phenoxy) is 1. The maximum absolute atomic E-state index is 13.4. The Morgan fingerprint density at radius 2 is 2.13 bits per heavy atom. The molecule has 0 bridgehead atoms. The summed E-state index contributed by atoms with van der Waals surface area (Å²) in [5, 5.41) is 0.892.